The van der Waals surface area contributed by atoms with Crippen molar-refractivity contribution < 1.29 is 13.5 Å². The summed E-state index contributed by atoms with van der Waals surface area (Å²) in [7, 11) is 0. The van der Waals surface area contributed by atoms with Gasteiger partial charge in [-0.05, 0) is 48.5 Å². The van der Waals surface area contributed by atoms with Gasteiger partial charge in [-0.15, -0.1) is 11.3 Å². The van der Waals surface area contributed by atoms with Crippen LogP contribution in [-0.2, 0) is 6.42 Å². The van der Waals surface area contributed by atoms with Crippen LogP contribution in [-0.4, -0.2) is 13.2 Å². The van der Waals surface area contributed by atoms with Crippen LogP contribution in [0.2, 0.25) is 0 Å². The fraction of sp³-hybridized carbons (Fsp3) is 0.375. The van der Waals surface area contributed by atoms with Gasteiger partial charge in [0.15, 0.2) is 0 Å². The minimum absolute atomic E-state index is 0.197. The summed E-state index contributed by atoms with van der Waals surface area (Å²) in [5, 5.41) is 5.51. The molecule has 1 atom stereocenters. The fourth-order valence-electron chi connectivity index (χ4n) is 2.26. The Hall–Kier alpha value is -1.46. The molecule has 0 saturated heterocycles. The predicted octanol–water partition coefficient (Wildman–Crippen LogP) is 4.63. The third-order valence-corrected chi connectivity index (χ3v) is 4.15. The number of ether oxygens (including phenoxy) is 1. The second-order valence-electron chi connectivity index (χ2n) is 4.68. The van der Waals surface area contributed by atoms with Crippen molar-refractivity contribution in [2.24, 2.45) is 0 Å². The highest BCUT2D eigenvalue weighted by Crippen LogP contribution is 2.24. The zero-order chi connectivity index (χ0) is 15.1. The first kappa shape index (κ1) is 15.9. The minimum atomic E-state index is -2.78. The van der Waals surface area contributed by atoms with Gasteiger partial charge in [0.2, 0.25) is 0 Å². The molecule has 5 heteroatoms. The molecule has 0 fully saturated rings. The van der Waals surface area contributed by atoms with E-state index in [1.165, 1.54) is 4.88 Å². The maximum absolute atomic E-state index is 12.1. The molecular formula is C16H19F2NOS. The average Bonchev–Trinajstić information content (AvgIpc) is 2.97. The smallest absolute Gasteiger partial charge is 0.387 e. The van der Waals surface area contributed by atoms with Crippen LogP contribution in [0.3, 0.4) is 0 Å². The molecule has 0 radical (unpaired) electrons. The highest BCUT2D eigenvalue weighted by Gasteiger charge is 2.12. The molecule has 1 N–H and O–H groups in total. The number of hydrogen-bond donors (Lipinski definition) is 1. The van der Waals surface area contributed by atoms with Gasteiger partial charge in [0.1, 0.15) is 5.75 Å². The molecule has 21 heavy (non-hydrogen) atoms. The van der Waals surface area contributed by atoms with Crippen LogP contribution in [0.25, 0.3) is 0 Å². The van der Waals surface area contributed by atoms with Crippen molar-refractivity contribution in [3.63, 3.8) is 0 Å². The normalized spacial score (nSPS) is 12.6. The van der Waals surface area contributed by atoms with Crippen molar-refractivity contribution in [3.8, 4) is 5.75 Å². The van der Waals surface area contributed by atoms with Gasteiger partial charge < -0.3 is 10.1 Å². The van der Waals surface area contributed by atoms with Gasteiger partial charge >= 0.3 is 6.61 Å². The lowest BCUT2D eigenvalue weighted by atomic mass is 10.0. The molecule has 0 bridgehead atoms. The second-order valence-corrected chi connectivity index (χ2v) is 5.71. The van der Waals surface area contributed by atoms with Crippen LogP contribution in [0.5, 0.6) is 5.75 Å². The summed E-state index contributed by atoms with van der Waals surface area (Å²) in [6.07, 6.45) is 1.98. The standard InChI is InChI=1S/C16H19F2NOS/c1-2-19-15(10-9-14-4-3-11-21-14)12-5-7-13(8-6-12)20-16(17)18/h3-8,11,15-16,19H,2,9-10H2,1H3. The van der Waals surface area contributed by atoms with E-state index < -0.39 is 6.61 Å². The molecule has 2 nitrogen and oxygen atoms in total. The number of benzene rings is 1. The van der Waals surface area contributed by atoms with E-state index in [1.807, 2.05) is 12.1 Å². The molecule has 1 unspecified atom stereocenters. The third kappa shape index (κ3) is 5.10. The van der Waals surface area contributed by atoms with Gasteiger partial charge in [0.25, 0.3) is 0 Å². The van der Waals surface area contributed by atoms with Crippen molar-refractivity contribution in [2.45, 2.75) is 32.4 Å². The van der Waals surface area contributed by atoms with E-state index in [0.717, 1.165) is 24.9 Å². The van der Waals surface area contributed by atoms with E-state index >= 15 is 0 Å². The summed E-state index contributed by atoms with van der Waals surface area (Å²) < 4.78 is 28.7. The van der Waals surface area contributed by atoms with Crippen molar-refractivity contribution in [1.29, 1.82) is 0 Å². The summed E-state index contributed by atoms with van der Waals surface area (Å²) in [4.78, 5) is 1.36. The van der Waals surface area contributed by atoms with E-state index in [-0.39, 0.29) is 11.8 Å². The molecule has 114 valence electrons. The van der Waals surface area contributed by atoms with Crippen molar-refractivity contribution >= 4 is 11.3 Å². The molecule has 1 heterocycles. The monoisotopic (exact) mass is 311 g/mol. The zero-order valence-corrected chi connectivity index (χ0v) is 12.7. The summed E-state index contributed by atoms with van der Waals surface area (Å²) >= 11 is 1.76. The van der Waals surface area contributed by atoms with Crippen molar-refractivity contribution in [3.05, 3.63) is 52.2 Å². The second kappa shape index (κ2) is 8.10. The Bertz CT molecular complexity index is 514. The molecule has 2 aromatic rings. The molecule has 1 aromatic heterocycles. The number of halogens is 2. The molecule has 0 aliphatic rings. The molecule has 0 saturated carbocycles. The molecule has 2 rings (SSSR count). The number of rotatable bonds is 8. The molecule has 0 spiro atoms. The lowest BCUT2D eigenvalue weighted by Gasteiger charge is -2.18. The van der Waals surface area contributed by atoms with Gasteiger partial charge in [0.05, 0.1) is 0 Å². The van der Waals surface area contributed by atoms with E-state index in [0.29, 0.717) is 0 Å². The van der Waals surface area contributed by atoms with Gasteiger partial charge in [0, 0.05) is 10.9 Å². The van der Waals surface area contributed by atoms with Crippen LogP contribution in [0, 0.1) is 0 Å². The Labute approximate surface area is 127 Å². The van der Waals surface area contributed by atoms with Gasteiger partial charge in [-0.3, -0.25) is 0 Å². The van der Waals surface area contributed by atoms with E-state index in [9.17, 15) is 8.78 Å². The van der Waals surface area contributed by atoms with Crippen molar-refractivity contribution in [1.82, 2.24) is 5.32 Å². The minimum Gasteiger partial charge on any atom is -0.435 e. The predicted molar refractivity (Wildman–Crippen MR) is 82.1 cm³/mol. The largest absolute Gasteiger partial charge is 0.435 e. The first-order chi connectivity index (χ1) is 10.2. The maximum Gasteiger partial charge on any atom is 0.387 e. The molecule has 1 aromatic carbocycles. The highest BCUT2D eigenvalue weighted by atomic mass is 32.1. The Morgan fingerprint density at radius 2 is 1.95 bits per heavy atom. The van der Waals surface area contributed by atoms with E-state index in [4.69, 9.17) is 0 Å². The van der Waals surface area contributed by atoms with E-state index in [1.54, 1.807) is 23.5 Å². The first-order valence-corrected chi connectivity index (χ1v) is 7.87. The SMILES string of the molecule is CCNC(CCc1cccs1)c1ccc(OC(F)F)cc1. The highest BCUT2D eigenvalue weighted by molar-refractivity contribution is 7.09. The Morgan fingerprint density at radius 1 is 1.19 bits per heavy atom. The third-order valence-electron chi connectivity index (χ3n) is 3.22. The van der Waals surface area contributed by atoms with Gasteiger partial charge in [-0.1, -0.05) is 25.1 Å². The summed E-state index contributed by atoms with van der Waals surface area (Å²) in [5.74, 6) is 0.197. The number of aryl methyl sites for hydroxylation is 1. The van der Waals surface area contributed by atoms with E-state index in [2.05, 4.69) is 34.5 Å². The molecule has 0 amide bonds. The van der Waals surface area contributed by atoms with Crippen LogP contribution >= 0.6 is 11.3 Å². The van der Waals surface area contributed by atoms with Gasteiger partial charge in [-0.25, -0.2) is 0 Å². The summed E-state index contributed by atoms with van der Waals surface area (Å²) in [6.45, 7) is 0.149. The fourth-order valence-corrected chi connectivity index (χ4v) is 2.98. The molecular weight excluding hydrogens is 292 g/mol. The maximum atomic E-state index is 12.1. The lowest BCUT2D eigenvalue weighted by Crippen LogP contribution is -2.21. The topological polar surface area (TPSA) is 21.3 Å². The number of alkyl halides is 2. The zero-order valence-electron chi connectivity index (χ0n) is 11.9. The van der Waals surface area contributed by atoms with Gasteiger partial charge in [-0.2, -0.15) is 8.78 Å². The number of nitrogens with one attached hydrogen (secondary N) is 1. The quantitative estimate of drug-likeness (QED) is 0.767. The van der Waals surface area contributed by atoms with Crippen LogP contribution in [0.15, 0.2) is 41.8 Å². The Balaban J connectivity index is 1.99. The van der Waals surface area contributed by atoms with Crippen LogP contribution in [0.4, 0.5) is 8.78 Å². The first-order valence-electron chi connectivity index (χ1n) is 6.99. The Kier molecular flexibility index (Phi) is 6.14. The average molecular weight is 311 g/mol. The molecule has 0 aliphatic carbocycles. The molecule has 0 aliphatic heterocycles. The number of hydrogen-bond acceptors (Lipinski definition) is 3. The number of thiophene rings is 1. The van der Waals surface area contributed by atoms with Crippen molar-refractivity contribution in [2.75, 3.05) is 6.54 Å². The van der Waals surface area contributed by atoms with Crippen LogP contribution < -0.4 is 10.1 Å². The lowest BCUT2D eigenvalue weighted by molar-refractivity contribution is -0.0498. The van der Waals surface area contributed by atoms with Crippen LogP contribution in [0.1, 0.15) is 29.8 Å². The Morgan fingerprint density at radius 3 is 2.52 bits per heavy atom. The summed E-state index contributed by atoms with van der Waals surface area (Å²) in [6, 6.07) is 11.3. The summed E-state index contributed by atoms with van der Waals surface area (Å²) in [5.41, 5.74) is 1.09.